The third-order valence-electron chi connectivity index (χ3n) is 5.16. The molecule has 128 valence electrons. The van der Waals surface area contributed by atoms with Crippen molar-refractivity contribution in [2.45, 2.75) is 43.9 Å². The second-order valence-electron chi connectivity index (χ2n) is 6.77. The van der Waals surface area contributed by atoms with E-state index in [0.717, 1.165) is 36.4 Å². The van der Waals surface area contributed by atoms with Gasteiger partial charge in [0, 0.05) is 22.9 Å². The molecule has 0 unspecified atom stereocenters. The van der Waals surface area contributed by atoms with Crippen molar-refractivity contribution >= 4 is 34.2 Å². The number of hydrogen-bond donors (Lipinski definition) is 2. The van der Waals surface area contributed by atoms with Gasteiger partial charge in [0.05, 0.1) is 0 Å². The summed E-state index contributed by atoms with van der Waals surface area (Å²) in [5.74, 6) is 0.946. The molecule has 1 amide bonds. The fourth-order valence-corrected chi connectivity index (χ4v) is 4.15. The zero-order chi connectivity index (χ0) is 15.4. The van der Waals surface area contributed by atoms with E-state index in [1.165, 1.54) is 31.2 Å². The molecular formula is C18H26BrClN2O. The first-order chi connectivity index (χ1) is 10.7. The third-order valence-corrected chi connectivity index (χ3v) is 5.85. The van der Waals surface area contributed by atoms with Gasteiger partial charge in [-0.1, -0.05) is 34.1 Å². The molecule has 5 heteroatoms. The molecule has 1 saturated heterocycles. The Bertz CT molecular complexity index is 528. The number of benzene rings is 1. The van der Waals surface area contributed by atoms with Gasteiger partial charge in [0.2, 0.25) is 5.91 Å². The summed E-state index contributed by atoms with van der Waals surface area (Å²) in [5, 5.41) is 6.55. The highest BCUT2D eigenvalue weighted by molar-refractivity contribution is 9.10. The number of halogens is 2. The first-order valence-corrected chi connectivity index (χ1v) is 9.21. The summed E-state index contributed by atoms with van der Waals surface area (Å²) in [6.07, 6.45) is 6.49. The molecule has 2 aliphatic rings. The van der Waals surface area contributed by atoms with E-state index in [9.17, 15) is 4.79 Å². The zero-order valence-corrected chi connectivity index (χ0v) is 15.8. The predicted molar refractivity (Wildman–Crippen MR) is 100 cm³/mol. The summed E-state index contributed by atoms with van der Waals surface area (Å²) in [6.45, 7) is 3.00. The van der Waals surface area contributed by atoms with E-state index in [2.05, 4.69) is 44.8 Å². The van der Waals surface area contributed by atoms with Crippen LogP contribution < -0.4 is 10.6 Å². The van der Waals surface area contributed by atoms with Crippen molar-refractivity contribution < 1.29 is 4.79 Å². The topological polar surface area (TPSA) is 41.1 Å². The molecule has 0 radical (unpaired) electrons. The molecule has 2 fully saturated rings. The van der Waals surface area contributed by atoms with Gasteiger partial charge in [0.15, 0.2) is 0 Å². The maximum Gasteiger partial charge on any atom is 0.220 e. The molecule has 1 saturated carbocycles. The Morgan fingerprint density at radius 1 is 1.26 bits per heavy atom. The lowest BCUT2D eigenvalue weighted by atomic mass is 9.93. The molecule has 1 aliphatic heterocycles. The quantitative estimate of drug-likeness (QED) is 0.761. The first-order valence-electron chi connectivity index (χ1n) is 8.42. The van der Waals surface area contributed by atoms with Crippen LogP contribution in [0.4, 0.5) is 0 Å². The number of rotatable bonds is 6. The van der Waals surface area contributed by atoms with Crippen molar-refractivity contribution in [2.24, 2.45) is 5.92 Å². The average Bonchev–Trinajstić information content (AvgIpc) is 3.33. The molecule has 1 aromatic rings. The largest absolute Gasteiger partial charge is 0.355 e. The Kier molecular flexibility index (Phi) is 6.93. The van der Waals surface area contributed by atoms with Crippen LogP contribution in [0, 0.1) is 5.92 Å². The van der Waals surface area contributed by atoms with Gasteiger partial charge in [-0.05, 0) is 62.7 Å². The van der Waals surface area contributed by atoms with Gasteiger partial charge in [-0.25, -0.2) is 0 Å². The number of carbonyl (C=O) groups excluding carboxylic acids is 1. The van der Waals surface area contributed by atoms with Crippen molar-refractivity contribution in [3.8, 4) is 0 Å². The fraction of sp³-hybridized carbons (Fsp3) is 0.611. The van der Waals surface area contributed by atoms with E-state index in [-0.39, 0.29) is 23.7 Å². The molecule has 3 nitrogen and oxygen atoms in total. The SMILES string of the molecule is Cl.O=C(CCC1CCNCC1)NCC1(c2ccccc2Br)CC1. The van der Waals surface area contributed by atoms with Crippen molar-refractivity contribution in [1.29, 1.82) is 0 Å². The molecule has 1 aliphatic carbocycles. The molecule has 1 heterocycles. The molecule has 0 bridgehead atoms. The maximum absolute atomic E-state index is 12.1. The number of piperidine rings is 1. The van der Waals surface area contributed by atoms with Crippen molar-refractivity contribution in [1.82, 2.24) is 10.6 Å². The standard InChI is InChI=1S/C18H25BrN2O.ClH/c19-16-4-2-1-3-15(16)18(9-10-18)13-21-17(22)6-5-14-7-11-20-12-8-14;/h1-4,14,20H,5-13H2,(H,21,22);1H. The van der Waals surface area contributed by atoms with Crippen molar-refractivity contribution in [2.75, 3.05) is 19.6 Å². The highest BCUT2D eigenvalue weighted by Gasteiger charge is 2.45. The Hall–Kier alpha value is -0.580. The van der Waals surface area contributed by atoms with Gasteiger partial charge in [-0.3, -0.25) is 4.79 Å². The minimum Gasteiger partial charge on any atom is -0.355 e. The zero-order valence-electron chi connectivity index (χ0n) is 13.4. The number of carbonyl (C=O) groups is 1. The highest BCUT2D eigenvalue weighted by Crippen LogP contribution is 2.49. The lowest BCUT2D eigenvalue weighted by molar-refractivity contribution is -0.121. The third kappa shape index (κ3) is 4.94. The maximum atomic E-state index is 12.1. The Morgan fingerprint density at radius 2 is 1.96 bits per heavy atom. The van der Waals surface area contributed by atoms with Crippen LogP contribution in [0.3, 0.4) is 0 Å². The summed E-state index contributed by atoms with van der Waals surface area (Å²) < 4.78 is 1.16. The van der Waals surface area contributed by atoms with Crippen LogP contribution >= 0.6 is 28.3 Å². The number of hydrogen-bond acceptors (Lipinski definition) is 2. The van der Waals surface area contributed by atoms with E-state index in [1.807, 2.05) is 6.07 Å². The highest BCUT2D eigenvalue weighted by atomic mass is 79.9. The lowest BCUT2D eigenvalue weighted by Crippen LogP contribution is -2.33. The van der Waals surface area contributed by atoms with Crippen LogP contribution in [0.2, 0.25) is 0 Å². The van der Waals surface area contributed by atoms with E-state index < -0.39 is 0 Å². The predicted octanol–water partition coefficient (Wildman–Crippen LogP) is 3.80. The molecule has 2 N–H and O–H groups in total. The summed E-state index contributed by atoms with van der Waals surface area (Å²) >= 11 is 3.64. The van der Waals surface area contributed by atoms with E-state index >= 15 is 0 Å². The van der Waals surface area contributed by atoms with Crippen LogP contribution in [0.1, 0.15) is 44.1 Å². The van der Waals surface area contributed by atoms with Gasteiger partial charge in [-0.15, -0.1) is 12.4 Å². The minimum atomic E-state index is 0. The Labute approximate surface area is 153 Å². The van der Waals surface area contributed by atoms with Crippen LogP contribution in [-0.2, 0) is 10.2 Å². The van der Waals surface area contributed by atoms with E-state index in [0.29, 0.717) is 6.42 Å². The smallest absolute Gasteiger partial charge is 0.220 e. The monoisotopic (exact) mass is 400 g/mol. The first kappa shape index (κ1) is 18.8. The molecule has 3 rings (SSSR count). The molecule has 0 aromatic heterocycles. The van der Waals surface area contributed by atoms with Gasteiger partial charge >= 0.3 is 0 Å². The normalized spacial score (nSPS) is 19.7. The Balaban J connectivity index is 0.00000192. The lowest BCUT2D eigenvalue weighted by Gasteiger charge is -2.22. The minimum absolute atomic E-state index is 0. The van der Waals surface area contributed by atoms with Crippen LogP contribution in [0.25, 0.3) is 0 Å². The van der Waals surface area contributed by atoms with Gasteiger partial charge < -0.3 is 10.6 Å². The van der Waals surface area contributed by atoms with E-state index in [1.54, 1.807) is 0 Å². The van der Waals surface area contributed by atoms with Gasteiger partial charge in [-0.2, -0.15) is 0 Å². The van der Waals surface area contributed by atoms with Crippen LogP contribution in [0.15, 0.2) is 28.7 Å². The summed E-state index contributed by atoms with van der Waals surface area (Å²) in [7, 11) is 0. The molecule has 23 heavy (non-hydrogen) atoms. The van der Waals surface area contributed by atoms with Crippen molar-refractivity contribution in [3.63, 3.8) is 0 Å². The van der Waals surface area contributed by atoms with Gasteiger partial charge in [0.25, 0.3) is 0 Å². The number of nitrogens with one attached hydrogen (secondary N) is 2. The van der Waals surface area contributed by atoms with E-state index in [4.69, 9.17) is 0 Å². The van der Waals surface area contributed by atoms with Gasteiger partial charge in [0.1, 0.15) is 0 Å². The van der Waals surface area contributed by atoms with Crippen LogP contribution in [-0.4, -0.2) is 25.5 Å². The fourth-order valence-electron chi connectivity index (χ4n) is 3.45. The second kappa shape index (κ2) is 8.50. The second-order valence-corrected chi connectivity index (χ2v) is 7.62. The summed E-state index contributed by atoms with van der Waals surface area (Å²) in [5.41, 5.74) is 1.51. The summed E-state index contributed by atoms with van der Waals surface area (Å²) in [4.78, 5) is 12.1. The van der Waals surface area contributed by atoms with Crippen molar-refractivity contribution in [3.05, 3.63) is 34.3 Å². The summed E-state index contributed by atoms with van der Waals surface area (Å²) in [6, 6.07) is 8.40. The molecular weight excluding hydrogens is 376 g/mol. The molecule has 0 atom stereocenters. The molecule has 0 spiro atoms. The van der Waals surface area contributed by atoms with Crippen LogP contribution in [0.5, 0.6) is 0 Å². The Morgan fingerprint density at radius 3 is 2.61 bits per heavy atom. The molecule has 1 aromatic carbocycles. The average molecular weight is 402 g/mol. The number of amides is 1.